The maximum Gasteiger partial charge on any atom is 0.255 e. The molecule has 1 amide bonds. The molecule has 0 saturated carbocycles. The van der Waals surface area contributed by atoms with Crippen molar-refractivity contribution < 1.29 is 4.79 Å². The number of hydrogen-bond acceptors (Lipinski definition) is 3. The van der Waals surface area contributed by atoms with Gasteiger partial charge in [0.05, 0.1) is 5.56 Å². The van der Waals surface area contributed by atoms with Crippen molar-refractivity contribution in [2.45, 2.75) is 26.2 Å². The number of likely N-dealkylation sites (tertiary alicyclic amines) is 1. The lowest BCUT2D eigenvalue weighted by atomic mass is 9.93. The SMILES string of the molecule is Cc1ncccc1C(=O)N1CCC(CCN)CC1. The van der Waals surface area contributed by atoms with Gasteiger partial charge >= 0.3 is 0 Å². The lowest BCUT2D eigenvalue weighted by Crippen LogP contribution is -2.39. The highest BCUT2D eigenvalue weighted by atomic mass is 16.2. The van der Waals surface area contributed by atoms with E-state index in [9.17, 15) is 4.79 Å². The van der Waals surface area contributed by atoms with Crippen LogP contribution in [0.2, 0.25) is 0 Å². The van der Waals surface area contributed by atoms with E-state index in [2.05, 4.69) is 4.98 Å². The van der Waals surface area contributed by atoms with E-state index in [1.54, 1.807) is 6.20 Å². The smallest absolute Gasteiger partial charge is 0.255 e. The maximum atomic E-state index is 12.3. The lowest BCUT2D eigenvalue weighted by Gasteiger charge is -2.32. The van der Waals surface area contributed by atoms with Crippen molar-refractivity contribution in [2.24, 2.45) is 11.7 Å². The number of carbonyl (C=O) groups excluding carboxylic acids is 1. The molecular weight excluding hydrogens is 226 g/mol. The Hall–Kier alpha value is -1.42. The van der Waals surface area contributed by atoms with Crippen molar-refractivity contribution in [2.75, 3.05) is 19.6 Å². The molecule has 0 bridgehead atoms. The van der Waals surface area contributed by atoms with Crippen molar-refractivity contribution >= 4 is 5.91 Å². The molecule has 2 heterocycles. The Balaban J connectivity index is 1.98. The molecule has 2 N–H and O–H groups in total. The van der Waals surface area contributed by atoms with Crippen LogP contribution in [0.25, 0.3) is 0 Å². The molecule has 4 nitrogen and oxygen atoms in total. The van der Waals surface area contributed by atoms with Gasteiger partial charge < -0.3 is 10.6 Å². The van der Waals surface area contributed by atoms with Crippen LogP contribution in [0.5, 0.6) is 0 Å². The van der Waals surface area contributed by atoms with Gasteiger partial charge in [0.25, 0.3) is 5.91 Å². The predicted octanol–water partition coefficient (Wildman–Crippen LogP) is 1.59. The number of nitrogens with two attached hydrogens (primary N) is 1. The number of piperidine rings is 1. The van der Waals surface area contributed by atoms with E-state index in [1.807, 2.05) is 24.0 Å². The zero-order valence-electron chi connectivity index (χ0n) is 10.9. The van der Waals surface area contributed by atoms with Crippen LogP contribution in [0.1, 0.15) is 35.3 Å². The number of aromatic nitrogens is 1. The summed E-state index contributed by atoms with van der Waals surface area (Å²) >= 11 is 0. The van der Waals surface area contributed by atoms with E-state index in [4.69, 9.17) is 5.73 Å². The lowest BCUT2D eigenvalue weighted by molar-refractivity contribution is 0.0686. The van der Waals surface area contributed by atoms with Gasteiger partial charge in [-0.05, 0) is 50.8 Å². The largest absolute Gasteiger partial charge is 0.339 e. The molecule has 2 rings (SSSR count). The molecule has 1 aromatic rings. The number of amides is 1. The van der Waals surface area contributed by atoms with Crippen molar-refractivity contribution in [3.63, 3.8) is 0 Å². The molecule has 1 aliphatic rings. The van der Waals surface area contributed by atoms with Gasteiger partial charge in [0.2, 0.25) is 0 Å². The Bertz CT molecular complexity index is 411. The van der Waals surface area contributed by atoms with Crippen LogP contribution in [-0.2, 0) is 0 Å². The van der Waals surface area contributed by atoms with Crippen molar-refractivity contribution in [3.8, 4) is 0 Å². The van der Waals surface area contributed by atoms with E-state index < -0.39 is 0 Å². The molecule has 0 aromatic carbocycles. The van der Waals surface area contributed by atoms with Crippen LogP contribution in [-0.4, -0.2) is 35.4 Å². The molecule has 1 aromatic heterocycles. The van der Waals surface area contributed by atoms with Crippen LogP contribution in [0.4, 0.5) is 0 Å². The van der Waals surface area contributed by atoms with Crippen molar-refractivity contribution in [1.82, 2.24) is 9.88 Å². The summed E-state index contributed by atoms with van der Waals surface area (Å²) < 4.78 is 0. The number of hydrogen-bond donors (Lipinski definition) is 1. The average molecular weight is 247 g/mol. The molecular formula is C14H21N3O. The quantitative estimate of drug-likeness (QED) is 0.882. The predicted molar refractivity (Wildman–Crippen MR) is 71.3 cm³/mol. The van der Waals surface area contributed by atoms with Gasteiger partial charge in [-0.2, -0.15) is 0 Å². The average Bonchev–Trinajstić information content (AvgIpc) is 2.40. The Morgan fingerprint density at radius 2 is 2.22 bits per heavy atom. The first-order chi connectivity index (χ1) is 8.72. The maximum absolute atomic E-state index is 12.3. The molecule has 0 radical (unpaired) electrons. The van der Waals surface area contributed by atoms with Gasteiger partial charge in [-0.25, -0.2) is 0 Å². The van der Waals surface area contributed by atoms with Gasteiger partial charge in [-0.15, -0.1) is 0 Å². The Morgan fingerprint density at radius 1 is 1.50 bits per heavy atom. The van der Waals surface area contributed by atoms with E-state index in [0.717, 1.165) is 50.2 Å². The van der Waals surface area contributed by atoms with Gasteiger partial charge in [-0.1, -0.05) is 0 Å². The summed E-state index contributed by atoms with van der Waals surface area (Å²) in [5.74, 6) is 0.806. The molecule has 1 aliphatic heterocycles. The van der Waals surface area contributed by atoms with E-state index in [-0.39, 0.29) is 5.91 Å². The van der Waals surface area contributed by atoms with Crippen LogP contribution < -0.4 is 5.73 Å². The molecule has 1 fully saturated rings. The Morgan fingerprint density at radius 3 is 2.83 bits per heavy atom. The molecule has 1 saturated heterocycles. The second-order valence-electron chi connectivity index (χ2n) is 4.95. The molecule has 18 heavy (non-hydrogen) atoms. The van der Waals surface area contributed by atoms with E-state index in [1.165, 1.54) is 0 Å². The highest BCUT2D eigenvalue weighted by Gasteiger charge is 2.24. The third-order valence-corrected chi connectivity index (χ3v) is 3.71. The summed E-state index contributed by atoms with van der Waals surface area (Å²) in [6.07, 6.45) is 4.94. The minimum absolute atomic E-state index is 0.117. The summed E-state index contributed by atoms with van der Waals surface area (Å²) in [6.45, 7) is 4.32. The highest BCUT2D eigenvalue weighted by molar-refractivity contribution is 5.95. The second kappa shape index (κ2) is 5.96. The van der Waals surface area contributed by atoms with Crippen LogP contribution >= 0.6 is 0 Å². The van der Waals surface area contributed by atoms with Crippen molar-refractivity contribution in [1.29, 1.82) is 0 Å². The summed E-state index contributed by atoms with van der Waals surface area (Å²) in [4.78, 5) is 18.5. The van der Waals surface area contributed by atoms with Crippen LogP contribution in [0.15, 0.2) is 18.3 Å². The van der Waals surface area contributed by atoms with Crippen LogP contribution in [0.3, 0.4) is 0 Å². The molecule has 4 heteroatoms. The molecule has 98 valence electrons. The second-order valence-corrected chi connectivity index (χ2v) is 4.95. The normalized spacial score (nSPS) is 16.9. The van der Waals surface area contributed by atoms with Gasteiger partial charge in [0, 0.05) is 25.0 Å². The molecule has 0 atom stereocenters. The number of pyridine rings is 1. The highest BCUT2D eigenvalue weighted by Crippen LogP contribution is 2.21. The third-order valence-electron chi connectivity index (χ3n) is 3.71. The number of rotatable bonds is 3. The first-order valence-corrected chi connectivity index (χ1v) is 6.63. The fourth-order valence-corrected chi connectivity index (χ4v) is 2.54. The summed E-state index contributed by atoms with van der Waals surface area (Å²) in [6, 6.07) is 3.68. The minimum atomic E-state index is 0.117. The van der Waals surface area contributed by atoms with Crippen LogP contribution in [0, 0.1) is 12.8 Å². The minimum Gasteiger partial charge on any atom is -0.339 e. The number of carbonyl (C=O) groups is 1. The summed E-state index contributed by atoms with van der Waals surface area (Å²) in [7, 11) is 0. The number of aryl methyl sites for hydroxylation is 1. The van der Waals surface area contributed by atoms with E-state index >= 15 is 0 Å². The molecule has 0 aliphatic carbocycles. The van der Waals surface area contributed by atoms with Crippen molar-refractivity contribution in [3.05, 3.63) is 29.6 Å². The molecule has 0 spiro atoms. The zero-order valence-corrected chi connectivity index (χ0v) is 10.9. The Labute approximate surface area is 108 Å². The van der Waals surface area contributed by atoms with Gasteiger partial charge in [0.1, 0.15) is 0 Å². The fourth-order valence-electron chi connectivity index (χ4n) is 2.54. The first kappa shape index (κ1) is 13.0. The summed E-state index contributed by atoms with van der Waals surface area (Å²) in [5.41, 5.74) is 7.12. The standard InChI is InChI=1S/C14H21N3O/c1-11-13(3-2-8-16-11)14(18)17-9-5-12(4-7-15)6-10-17/h2-3,8,12H,4-7,9-10,15H2,1H3. The molecule has 0 unspecified atom stereocenters. The zero-order chi connectivity index (χ0) is 13.0. The Kier molecular flexibility index (Phi) is 4.31. The fraction of sp³-hybridized carbons (Fsp3) is 0.571. The topological polar surface area (TPSA) is 59.2 Å². The summed E-state index contributed by atoms with van der Waals surface area (Å²) in [5, 5.41) is 0. The van der Waals surface area contributed by atoms with E-state index in [0.29, 0.717) is 5.92 Å². The first-order valence-electron chi connectivity index (χ1n) is 6.63. The van der Waals surface area contributed by atoms with Gasteiger partial charge in [-0.3, -0.25) is 9.78 Å². The third kappa shape index (κ3) is 2.88. The monoisotopic (exact) mass is 247 g/mol. The number of nitrogens with zero attached hydrogens (tertiary/aromatic N) is 2. The van der Waals surface area contributed by atoms with Gasteiger partial charge in [0.15, 0.2) is 0 Å².